The average molecular weight is 315 g/mol. The lowest BCUT2D eigenvalue weighted by Crippen LogP contribution is -2.29. The van der Waals surface area contributed by atoms with E-state index in [1.165, 1.54) is 12.8 Å². The summed E-state index contributed by atoms with van der Waals surface area (Å²) in [6.45, 7) is 1.26. The number of thioether (sulfide) groups is 1. The van der Waals surface area contributed by atoms with Crippen LogP contribution in [0.2, 0.25) is 0 Å². The predicted octanol–water partition coefficient (Wildman–Crippen LogP) is 1.30. The molecule has 2 aliphatic rings. The highest BCUT2D eigenvalue weighted by molar-refractivity contribution is 7.99. The third-order valence-electron chi connectivity index (χ3n) is 3.77. The summed E-state index contributed by atoms with van der Waals surface area (Å²) in [6, 6.07) is 2.34. The van der Waals surface area contributed by atoms with Crippen molar-refractivity contribution in [1.82, 2.24) is 15.0 Å². The zero-order valence-corrected chi connectivity index (χ0v) is 13.0. The van der Waals surface area contributed by atoms with Gasteiger partial charge < -0.3 is 10.3 Å². The Morgan fingerprint density at radius 2 is 2.20 bits per heavy atom. The molecule has 0 aromatic carbocycles. The van der Waals surface area contributed by atoms with E-state index in [4.69, 9.17) is 0 Å². The Hall–Kier alpha value is -0.500. The van der Waals surface area contributed by atoms with Gasteiger partial charge >= 0.3 is 0 Å². The zero-order chi connectivity index (χ0) is 14.0. The molecule has 1 aromatic rings. The molecule has 3 N–H and O–H groups in total. The quantitative estimate of drug-likeness (QED) is 0.709. The molecule has 3 rings (SSSR count). The van der Waals surface area contributed by atoms with E-state index < -0.39 is 10.0 Å². The van der Waals surface area contributed by atoms with Crippen LogP contribution in [0.1, 0.15) is 25.0 Å². The number of sulfonamides is 1. The second-order valence-electron chi connectivity index (χ2n) is 5.60. The number of aromatic nitrogens is 1. The van der Waals surface area contributed by atoms with Crippen LogP contribution in [-0.2, 0) is 16.6 Å². The first-order chi connectivity index (χ1) is 9.63. The van der Waals surface area contributed by atoms with Gasteiger partial charge in [-0.05, 0) is 42.8 Å². The van der Waals surface area contributed by atoms with E-state index in [1.807, 2.05) is 11.8 Å². The fourth-order valence-electron chi connectivity index (χ4n) is 2.27. The highest BCUT2D eigenvalue weighted by atomic mass is 32.2. The fourth-order valence-corrected chi connectivity index (χ4v) is 4.69. The third-order valence-corrected chi connectivity index (χ3v) is 6.41. The topological polar surface area (TPSA) is 74.0 Å². The van der Waals surface area contributed by atoms with Crippen LogP contribution in [0.25, 0.3) is 0 Å². The molecule has 1 aliphatic heterocycles. The predicted molar refractivity (Wildman–Crippen MR) is 81.3 cm³/mol. The van der Waals surface area contributed by atoms with Gasteiger partial charge in [-0.1, -0.05) is 0 Å². The van der Waals surface area contributed by atoms with Crippen LogP contribution in [0.3, 0.4) is 0 Å². The Labute approximate surface area is 124 Å². The maximum atomic E-state index is 12.2. The molecule has 2 heterocycles. The van der Waals surface area contributed by atoms with Crippen LogP contribution < -0.4 is 10.0 Å². The van der Waals surface area contributed by atoms with Gasteiger partial charge in [0.2, 0.25) is 10.0 Å². The van der Waals surface area contributed by atoms with Crippen molar-refractivity contribution in [3.63, 3.8) is 0 Å². The van der Waals surface area contributed by atoms with Crippen molar-refractivity contribution in [2.45, 2.75) is 36.7 Å². The molecular weight excluding hydrogens is 294 g/mol. The monoisotopic (exact) mass is 315 g/mol. The van der Waals surface area contributed by atoms with Gasteiger partial charge in [0.1, 0.15) is 0 Å². The van der Waals surface area contributed by atoms with Crippen LogP contribution in [-0.4, -0.2) is 37.5 Å². The Balaban J connectivity index is 1.55. The van der Waals surface area contributed by atoms with E-state index in [9.17, 15) is 8.42 Å². The molecule has 2 fully saturated rings. The minimum absolute atomic E-state index is 0.343. The highest BCUT2D eigenvalue weighted by Crippen LogP contribution is 2.23. The molecule has 1 aliphatic carbocycles. The summed E-state index contributed by atoms with van der Waals surface area (Å²) in [6.07, 6.45) is 5.15. The lowest BCUT2D eigenvalue weighted by Gasteiger charge is -2.09. The molecule has 0 radical (unpaired) electrons. The van der Waals surface area contributed by atoms with E-state index in [0.29, 0.717) is 29.9 Å². The van der Waals surface area contributed by atoms with E-state index in [1.54, 1.807) is 12.3 Å². The molecule has 0 spiro atoms. The molecular formula is C13H21N3O2S2. The van der Waals surface area contributed by atoms with Crippen molar-refractivity contribution in [2.24, 2.45) is 5.92 Å². The van der Waals surface area contributed by atoms with Crippen molar-refractivity contribution in [3.8, 4) is 0 Å². The highest BCUT2D eigenvalue weighted by Gasteiger charge is 2.22. The first kappa shape index (κ1) is 14.4. The van der Waals surface area contributed by atoms with Crippen LogP contribution in [0.4, 0.5) is 0 Å². The Kier molecular flexibility index (Phi) is 4.40. The van der Waals surface area contributed by atoms with Crippen LogP contribution in [0, 0.1) is 5.92 Å². The Bertz CT molecular complexity index is 546. The maximum Gasteiger partial charge on any atom is 0.242 e. The Morgan fingerprint density at radius 1 is 1.35 bits per heavy atom. The summed E-state index contributed by atoms with van der Waals surface area (Å²) in [5.74, 6) is 2.68. The maximum absolute atomic E-state index is 12.2. The summed E-state index contributed by atoms with van der Waals surface area (Å²) in [4.78, 5) is 3.38. The van der Waals surface area contributed by atoms with E-state index in [0.717, 1.165) is 23.6 Å². The minimum Gasteiger partial charge on any atom is -0.363 e. The molecule has 7 heteroatoms. The molecule has 0 bridgehead atoms. The first-order valence-corrected chi connectivity index (χ1v) is 9.75. The molecule has 1 aromatic heterocycles. The first-order valence-electron chi connectivity index (χ1n) is 7.11. The lowest BCUT2D eigenvalue weighted by atomic mass is 10.1. The standard InChI is InChI=1S/C13H21N3O2S2/c17-20(18,16-6-10-3-4-19-9-10)13-5-12(15-8-13)7-14-11-1-2-11/h5,8,10-11,14-16H,1-4,6-7,9H2. The van der Waals surface area contributed by atoms with Gasteiger partial charge in [-0.15, -0.1) is 0 Å². The van der Waals surface area contributed by atoms with E-state index in [2.05, 4.69) is 15.0 Å². The number of hydrogen-bond donors (Lipinski definition) is 3. The van der Waals surface area contributed by atoms with Crippen LogP contribution >= 0.6 is 11.8 Å². The SMILES string of the molecule is O=S(=O)(NCC1CCSC1)c1c[nH]c(CNC2CC2)c1. The second-order valence-corrected chi connectivity index (χ2v) is 8.51. The van der Waals surface area contributed by atoms with Crippen molar-refractivity contribution in [3.05, 3.63) is 18.0 Å². The molecule has 1 unspecified atom stereocenters. The van der Waals surface area contributed by atoms with Crippen molar-refractivity contribution >= 4 is 21.8 Å². The minimum atomic E-state index is -3.37. The van der Waals surface area contributed by atoms with Gasteiger partial charge in [-0.25, -0.2) is 13.1 Å². The van der Waals surface area contributed by atoms with Gasteiger partial charge in [-0.2, -0.15) is 11.8 Å². The van der Waals surface area contributed by atoms with Gasteiger partial charge in [-0.3, -0.25) is 0 Å². The normalized spacial score (nSPS) is 23.3. The number of H-pyrrole nitrogens is 1. The van der Waals surface area contributed by atoms with Crippen LogP contribution in [0.15, 0.2) is 17.2 Å². The summed E-state index contributed by atoms with van der Waals surface area (Å²) in [7, 11) is -3.37. The van der Waals surface area contributed by atoms with Crippen LogP contribution in [0.5, 0.6) is 0 Å². The summed E-state index contributed by atoms with van der Waals surface area (Å²) in [5.41, 5.74) is 0.925. The average Bonchev–Trinajstić information content (AvgIpc) is 2.94. The molecule has 20 heavy (non-hydrogen) atoms. The number of nitrogens with one attached hydrogen (secondary N) is 3. The molecule has 1 atom stereocenters. The number of hydrogen-bond acceptors (Lipinski definition) is 4. The van der Waals surface area contributed by atoms with Gasteiger partial charge in [0.15, 0.2) is 0 Å². The van der Waals surface area contributed by atoms with Gasteiger partial charge in [0.25, 0.3) is 0 Å². The van der Waals surface area contributed by atoms with Crippen molar-refractivity contribution < 1.29 is 8.42 Å². The molecule has 5 nitrogen and oxygen atoms in total. The number of aromatic amines is 1. The smallest absolute Gasteiger partial charge is 0.242 e. The fraction of sp³-hybridized carbons (Fsp3) is 0.692. The second kappa shape index (κ2) is 6.09. The number of rotatable bonds is 7. The third kappa shape index (κ3) is 3.78. The molecule has 112 valence electrons. The van der Waals surface area contributed by atoms with E-state index in [-0.39, 0.29) is 0 Å². The van der Waals surface area contributed by atoms with Gasteiger partial charge in [0.05, 0.1) is 4.90 Å². The van der Waals surface area contributed by atoms with Gasteiger partial charge in [0, 0.05) is 31.0 Å². The largest absolute Gasteiger partial charge is 0.363 e. The molecule has 0 amide bonds. The molecule has 1 saturated carbocycles. The van der Waals surface area contributed by atoms with E-state index >= 15 is 0 Å². The molecule has 1 saturated heterocycles. The lowest BCUT2D eigenvalue weighted by molar-refractivity contribution is 0.546. The van der Waals surface area contributed by atoms with Crippen molar-refractivity contribution in [1.29, 1.82) is 0 Å². The van der Waals surface area contributed by atoms with Crippen molar-refractivity contribution in [2.75, 3.05) is 18.1 Å². The Morgan fingerprint density at radius 3 is 2.90 bits per heavy atom. The summed E-state index contributed by atoms with van der Waals surface area (Å²) in [5, 5.41) is 3.37. The zero-order valence-electron chi connectivity index (χ0n) is 11.4. The summed E-state index contributed by atoms with van der Waals surface area (Å²) < 4.78 is 27.1. The summed E-state index contributed by atoms with van der Waals surface area (Å²) >= 11 is 1.90.